The molecule has 15 heavy (non-hydrogen) atoms. The molecule has 1 rings (SSSR count). The number of anilines is 1. The summed E-state index contributed by atoms with van der Waals surface area (Å²) in [5.74, 6) is -1.15. The number of hydrogen-bond donors (Lipinski definition) is 3. The van der Waals surface area contributed by atoms with Crippen LogP contribution in [0.1, 0.15) is 17.3 Å². The first-order valence-corrected chi connectivity index (χ1v) is 4.59. The molecule has 0 aliphatic heterocycles. The van der Waals surface area contributed by atoms with E-state index in [1.54, 1.807) is 0 Å². The maximum Gasteiger partial charge on any atom is 0.248 e. The molecule has 0 aromatic heterocycles. The van der Waals surface area contributed by atoms with Gasteiger partial charge in [0.25, 0.3) is 0 Å². The van der Waals surface area contributed by atoms with Gasteiger partial charge in [0.1, 0.15) is 5.82 Å². The molecule has 0 saturated heterocycles. The lowest BCUT2D eigenvalue weighted by Crippen LogP contribution is -2.25. The molecule has 0 radical (unpaired) electrons. The van der Waals surface area contributed by atoms with Crippen molar-refractivity contribution in [1.29, 1.82) is 0 Å². The van der Waals surface area contributed by atoms with Crippen molar-refractivity contribution in [1.82, 2.24) is 0 Å². The van der Waals surface area contributed by atoms with Gasteiger partial charge in [0.05, 0.1) is 5.69 Å². The van der Waals surface area contributed by atoms with Crippen LogP contribution in [0.25, 0.3) is 0 Å². The zero-order chi connectivity index (χ0) is 11.4. The summed E-state index contributed by atoms with van der Waals surface area (Å²) in [6.07, 6.45) is 0. The van der Waals surface area contributed by atoms with Crippen molar-refractivity contribution in [2.45, 2.75) is 13.0 Å². The van der Waals surface area contributed by atoms with Crippen LogP contribution in [0.5, 0.6) is 0 Å². The van der Waals surface area contributed by atoms with Crippen LogP contribution in [0.3, 0.4) is 0 Å². The van der Waals surface area contributed by atoms with Gasteiger partial charge in [-0.05, 0) is 25.1 Å². The largest absolute Gasteiger partial charge is 0.381 e. The predicted octanol–water partition coefficient (Wildman–Crippen LogP) is 0.684. The molecule has 0 fully saturated rings. The van der Waals surface area contributed by atoms with Crippen LogP contribution in [-0.2, 0) is 0 Å². The van der Waals surface area contributed by atoms with E-state index in [0.717, 1.165) is 6.07 Å². The van der Waals surface area contributed by atoms with Gasteiger partial charge in [-0.25, -0.2) is 4.39 Å². The van der Waals surface area contributed by atoms with Crippen molar-refractivity contribution in [3.63, 3.8) is 0 Å². The molecule has 0 spiro atoms. The number of nitrogens with one attached hydrogen (secondary N) is 1. The second-order valence-electron chi connectivity index (χ2n) is 3.42. The number of amides is 1. The highest BCUT2D eigenvalue weighted by atomic mass is 19.1. The van der Waals surface area contributed by atoms with E-state index in [1.165, 1.54) is 12.1 Å². The van der Waals surface area contributed by atoms with Gasteiger partial charge in [-0.1, -0.05) is 0 Å². The highest BCUT2D eigenvalue weighted by Crippen LogP contribution is 2.15. The third kappa shape index (κ3) is 3.21. The minimum atomic E-state index is -0.646. The summed E-state index contributed by atoms with van der Waals surface area (Å²) in [6, 6.07) is 3.97. The van der Waals surface area contributed by atoms with Gasteiger partial charge >= 0.3 is 0 Å². The highest BCUT2D eigenvalue weighted by Gasteiger charge is 2.06. The van der Waals surface area contributed by atoms with Crippen molar-refractivity contribution >= 4 is 11.6 Å². The lowest BCUT2D eigenvalue weighted by molar-refractivity contribution is 0.1000. The molecule has 4 nitrogen and oxygen atoms in total. The minimum absolute atomic E-state index is 0.0692. The van der Waals surface area contributed by atoms with Crippen LogP contribution in [-0.4, -0.2) is 18.5 Å². The number of hydrogen-bond acceptors (Lipinski definition) is 3. The Bertz CT molecular complexity index is 366. The Morgan fingerprint density at radius 1 is 1.60 bits per heavy atom. The number of rotatable bonds is 4. The Morgan fingerprint density at radius 2 is 2.27 bits per heavy atom. The van der Waals surface area contributed by atoms with Crippen molar-refractivity contribution < 1.29 is 9.18 Å². The summed E-state index contributed by atoms with van der Waals surface area (Å²) in [4.78, 5) is 10.7. The van der Waals surface area contributed by atoms with Gasteiger partial charge in [0.15, 0.2) is 0 Å². The zero-order valence-electron chi connectivity index (χ0n) is 8.46. The topological polar surface area (TPSA) is 81.1 Å². The maximum absolute atomic E-state index is 13.3. The van der Waals surface area contributed by atoms with Crippen LogP contribution >= 0.6 is 0 Å². The average Bonchev–Trinajstić information content (AvgIpc) is 2.15. The van der Waals surface area contributed by atoms with Crippen LogP contribution < -0.4 is 16.8 Å². The molecule has 82 valence electrons. The highest BCUT2D eigenvalue weighted by molar-refractivity contribution is 5.93. The van der Waals surface area contributed by atoms with Gasteiger partial charge in [-0.2, -0.15) is 0 Å². The monoisotopic (exact) mass is 211 g/mol. The van der Waals surface area contributed by atoms with Gasteiger partial charge < -0.3 is 16.8 Å². The third-order valence-corrected chi connectivity index (χ3v) is 1.87. The summed E-state index contributed by atoms with van der Waals surface area (Å²) in [5.41, 5.74) is 11.0. The van der Waals surface area contributed by atoms with E-state index in [-0.39, 0.29) is 11.6 Å². The summed E-state index contributed by atoms with van der Waals surface area (Å²) >= 11 is 0. The molecule has 5 N–H and O–H groups in total. The number of primary amides is 1. The fourth-order valence-electron chi connectivity index (χ4n) is 1.08. The molecule has 0 aliphatic rings. The van der Waals surface area contributed by atoms with Crippen molar-refractivity contribution in [2.75, 3.05) is 11.9 Å². The normalized spacial score (nSPS) is 12.2. The fraction of sp³-hybridized carbons (Fsp3) is 0.300. The summed E-state index contributed by atoms with van der Waals surface area (Å²) < 4.78 is 13.3. The standard InChI is InChI=1S/C10H14FN3O/c1-6(12)5-14-9-3-2-7(10(13)15)4-8(9)11/h2-4,6,14H,5,12H2,1H3,(H2,13,15). The smallest absolute Gasteiger partial charge is 0.248 e. The molecule has 5 heteroatoms. The van der Waals surface area contributed by atoms with E-state index >= 15 is 0 Å². The van der Waals surface area contributed by atoms with Crippen molar-refractivity contribution in [3.8, 4) is 0 Å². The maximum atomic E-state index is 13.3. The first-order chi connectivity index (χ1) is 7.00. The van der Waals surface area contributed by atoms with E-state index in [2.05, 4.69) is 5.32 Å². The third-order valence-electron chi connectivity index (χ3n) is 1.87. The van der Waals surface area contributed by atoms with Crippen molar-refractivity contribution in [2.24, 2.45) is 11.5 Å². The molecule has 0 aliphatic carbocycles. The molecular formula is C10H14FN3O. The second-order valence-corrected chi connectivity index (χ2v) is 3.42. The summed E-state index contributed by atoms with van der Waals surface area (Å²) in [7, 11) is 0. The van der Waals surface area contributed by atoms with Crippen molar-refractivity contribution in [3.05, 3.63) is 29.6 Å². The lowest BCUT2D eigenvalue weighted by Gasteiger charge is -2.10. The fourth-order valence-corrected chi connectivity index (χ4v) is 1.08. The molecule has 0 saturated carbocycles. The van der Waals surface area contributed by atoms with E-state index < -0.39 is 11.7 Å². The Morgan fingerprint density at radius 3 is 2.73 bits per heavy atom. The van der Waals surface area contributed by atoms with Gasteiger partial charge in [-0.15, -0.1) is 0 Å². The van der Waals surface area contributed by atoms with E-state index in [9.17, 15) is 9.18 Å². The van der Waals surface area contributed by atoms with Gasteiger partial charge in [0, 0.05) is 18.2 Å². The van der Waals surface area contributed by atoms with Crippen LogP contribution in [0.15, 0.2) is 18.2 Å². The molecule has 1 aromatic rings. The van der Waals surface area contributed by atoms with E-state index in [4.69, 9.17) is 11.5 Å². The number of halogens is 1. The summed E-state index contributed by atoms with van der Waals surface area (Å²) in [5, 5.41) is 2.83. The first-order valence-electron chi connectivity index (χ1n) is 4.59. The Hall–Kier alpha value is -1.62. The first kappa shape index (κ1) is 11.5. The van der Waals surface area contributed by atoms with Gasteiger partial charge in [-0.3, -0.25) is 4.79 Å². The zero-order valence-corrected chi connectivity index (χ0v) is 8.46. The molecule has 1 atom stereocenters. The minimum Gasteiger partial charge on any atom is -0.381 e. The Balaban J connectivity index is 2.79. The number of carbonyl (C=O) groups excluding carboxylic acids is 1. The molecule has 1 aromatic carbocycles. The molecule has 0 bridgehead atoms. The van der Waals surface area contributed by atoms with Crippen LogP contribution in [0, 0.1) is 5.82 Å². The summed E-state index contributed by atoms with van der Waals surface area (Å²) in [6.45, 7) is 2.27. The van der Waals surface area contributed by atoms with Crippen LogP contribution in [0.2, 0.25) is 0 Å². The molecular weight excluding hydrogens is 197 g/mol. The molecule has 1 unspecified atom stereocenters. The quantitative estimate of drug-likeness (QED) is 0.685. The lowest BCUT2D eigenvalue weighted by atomic mass is 10.2. The molecule has 0 heterocycles. The Labute approximate surface area is 87.4 Å². The predicted molar refractivity (Wildman–Crippen MR) is 57.1 cm³/mol. The average molecular weight is 211 g/mol. The number of benzene rings is 1. The number of nitrogens with two attached hydrogens (primary N) is 2. The Kier molecular flexibility index (Phi) is 3.62. The SMILES string of the molecule is CC(N)CNc1ccc(C(N)=O)cc1F. The number of carbonyl (C=O) groups is 1. The second kappa shape index (κ2) is 4.75. The van der Waals surface area contributed by atoms with Crippen LogP contribution in [0.4, 0.5) is 10.1 Å². The van der Waals surface area contributed by atoms with E-state index in [0.29, 0.717) is 12.2 Å². The molecule has 1 amide bonds. The van der Waals surface area contributed by atoms with Gasteiger partial charge in [0.2, 0.25) is 5.91 Å². The van der Waals surface area contributed by atoms with E-state index in [1.807, 2.05) is 6.92 Å².